The van der Waals surface area contributed by atoms with Gasteiger partial charge in [0.15, 0.2) is 0 Å². The fraction of sp³-hybridized carbons (Fsp3) is 0.216. The molecule has 0 aliphatic carbocycles. The Morgan fingerprint density at radius 1 is 0.727 bits per heavy atom. The largest absolute Gasteiger partial charge is 0.459 e. The van der Waals surface area contributed by atoms with Gasteiger partial charge in [-0.15, -0.1) is 0 Å². The van der Waals surface area contributed by atoms with Crippen molar-refractivity contribution in [2.24, 2.45) is 0 Å². The third kappa shape index (κ3) is 4.75. The molecule has 7 rings (SSSR count). The van der Waals surface area contributed by atoms with Gasteiger partial charge in [0, 0.05) is 19.8 Å². The van der Waals surface area contributed by atoms with E-state index in [1.807, 2.05) is 72.8 Å². The molecule has 4 atom stereocenters. The molecule has 4 aromatic carbocycles. The number of rotatable bonds is 8. The van der Waals surface area contributed by atoms with Gasteiger partial charge in [0.25, 0.3) is 0 Å². The normalized spacial score (nSPS) is 21.2. The Morgan fingerprint density at radius 3 is 1.86 bits per heavy atom. The van der Waals surface area contributed by atoms with E-state index in [9.17, 15) is 4.79 Å². The molecule has 1 saturated heterocycles. The van der Waals surface area contributed by atoms with E-state index in [4.69, 9.17) is 28.1 Å². The SMILES string of the molecule is CO[C@H]1[C@H](OC)C2=Cc3c(c4ccccc4oc3=O)O[C@H]2O[C@@H]1COC(c1ccccc1)(c1ccccc1)c1ccccc1. The summed E-state index contributed by atoms with van der Waals surface area (Å²) in [4.78, 5) is 13.0. The van der Waals surface area contributed by atoms with E-state index in [1.54, 1.807) is 26.4 Å². The second-order valence-corrected chi connectivity index (χ2v) is 10.8. The first-order valence-electron chi connectivity index (χ1n) is 14.6. The first kappa shape index (κ1) is 28.3. The van der Waals surface area contributed by atoms with Crippen LogP contribution in [0.5, 0.6) is 5.75 Å². The van der Waals surface area contributed by atoms with Gasteiger partial charge in [0.05, 0.1) is 12.0 Å². The topological polar surface area (TPSA) is 76.4 Å². The van der Waals surface area contributed by atoms with Crippen LogP contribution in [-0.4, -0.2) is 45.4 Å². The van der Waals surface area contributed by atoms with E-state index in [0.717, 1.165) is 16.7 Å². The minimum atomic E-state index is -0.945. The van der Waals surface area contributed by atoms with Crippen molar-refractivity contribution >= 4 is 17.0 Å². The zero-order valence-corrected chi connectivity index (χ0v) is 24.4. The Hall–Kier alpha value is -4.53. The standard InChI is InChI=1S/C37H32O7/c1-39-33-29-22-28-32(27-20-12-13-21-30(27)42-35(28)38)44-36(29)43-31(34(33)40-2)23-41-37(24-14-6-3-7-15-24,25-16-8-4-9-17-25)26-18-10-5-11-19-26/h3-22,31,33-34,36H,23H2,1-2H3/t31-,33-,34-,36-/m1/s1. The predicted octanol–water partition coefficient (Wildman–Crippen LogP) is 6.33. The van der Waals surface area contributed by atoms with Crippen molar-refractivity contribution < 1.29 is 28.1 Å². The van der Waals surface area contributed by atoms with Crippen molar-refractivity contribution in [3.8, 4) is 5.75 Å². The molecule has 0 bridgehead atoms. The Labute approximate surface area is 255 Å². The number of hydrogen-bond acceptors (Lipinski definition) is 7. The van der Waals surface area contributed by atoms with Crippen molar-refractivity contribution in [1.82, 2.24) is 0 Å². The van der Waals surface area contributed by atoms with Crippen LogP contribution in [0.15, 0.2) is 130 Å². The lowest BCUT2D eigenvalue weighted by Crippen LogP contribution is -2.56. The fourth-order valence-electron chi connectivity index (χ4n) is 6.40. The van der Waals surface area contributed by atoms with E-state index in [2.05, 4.69) is 36.4 Å². The molecule has 1 aromatic heterocycles. The molecule has 0 radical (unpaired) electrons. The van der Waals surface area contributed by atoms with Gasteiger partial charge in [-0.25, -0.2) is 4.79 Å². The highest BCUT2D eigenvalue weighted by atomic mass is 16.7. The fourth-order valence-corrected chi connectivity index (χ4v) is 6.40. The average molecular weight is 589 g/mol. The van der Waals surface area contributed by atoms with Gasteiger partial charge in [-0.05, 0) is 34.9 Å². The van der Waals surface area contributed by atoms with Gasteiger partial charge in [0.2, 0.25) is 6.29 Å². The van der Waals surface area contributed by atoms with Gasteiger partial charge < -0.3 is 28.1 Å². The number of ether oxygens (including phenoxy) is 5. The van der Waals surface area contributed by atoms with Crippen LogP contribution in [-0.2, 0) is 24.5 Å². The van der Waals surface area contributed by atoms with Gasteiger partial charge in [-0.3, -0.25) is 0 Å². The summed E-state index contributed by atoms with van der Waals surface area (Å²) in [5, 5.41) is 0.688. The maximum Gasteiger partial charge on any atom is 0.347 e. The van der Waals surface area contributed by atoms with Crippen LogP contribution in [0, 0.1) is 0 Å². The van der Waals surface area contributed by atoms with Crippen molar-refractivity contribution in [1.29, 1.82) is 0 Å². The summed E-state index contributed by atoms with van der Waals surface area (Å²) in [6, 6.07) is 37.8. The summed E-state index contributed by atoms with van der Waals surface area (Å²) in [6.07, 6.45) is -0.778. The summed E-state index contributed by atoms with van der Waals surface area (Å²) >= 11 is 0. The lowest BCUT2D eigenvalue weighted by atomic mass is 9.80. The van der Waals surface area contributed by atoms with E-state index < -0.39 is 35.8 Å². The van der Waals surface area contributed by atoms with Crippen LogP contribution in [0.25, 0.3) is 17.0 Å². The molecule has 2 aliphatic rings. The molecular weight excluding hydrogens is 556 g/mol. The molecular formula is C37H32O7. The van der Waals surface area contributed by atoms with Gasteiger partial charge in [0.1, 0.15) is 40.8 Å². The second-order valence-electron chi connectivity index (χ2n) is 10.8. The lowest BCUT2D eigenvalue weighted by Gasteiger charge is -2.44. The van der Waals surface area contributed by atoms with Crippen LogP contribution in [0.3, 0.4) is 0 Å². The molecule has 0 spiro atoms. The highest BCUT2D eigenvalue weighted by Crippen LogP contribution is 2.43. The zero-order chi connectivity index (χ0) is 30.1. The highest BCUT2D eigenvalue weighted by molar-refractivity contribution is 5.88. The molecule has 222 valence electrons. The lowest BCUT2D eigenvalue weighted by molar-refractivity contribution is -0.221. The smallest absolute Gasteiger partial charge is 0.347 e. The molecule has 7 heteroatoms. The maximum atomic E-state index is 13.0. The summed E-state index contributed by atoms with van der Waals surface area (Å²) in [6.45, 7) is 0.148. The first-order valence-corrected chi connectivity index (χ1v) is 14.6. The van der Waals surface area contributed by atoms with Gasteiger partial charge in [-0.2, -0.15) is 0 Å². The zero-order valence-electron chi connectivity index (χ0n) is 24.4. The van der Waals surface area contributed by atoms with Crippen molar-refractivity contribution in [2.75, 3.05) is 20.8 Å². The van der Waals surface area contributed by atoms with Crippen molar-refractivity contribution in [2.45, 2.75) is 30.2 Å². The molecule has 7 nitrogen and oxygen atoms in total. The molecule has 2 aliphatic heterocycles. The van der Waals surface area contributed by atoms with Gasteiger partial charge >= 0.3 is 5.63 Å². The molecule has 0 saturated carbocycles. The van der Waals surface area contributed by atoms with E-state index >= 15 is 0 Å². The van der Waals surface area contributed by atoms with Crippen molar-refractivity contribution in [3.63, 3.8) is 0 Å². The Kier molecular flexibility index (Phi) is 7.62. The number of methoxy groups -OCH3 is 2. The third-order valence-electron chi connectivity index (χ3n) is 8.43. The quantitative estimate of drug-likeness (QED) is 0.155. The van der Waals surface area contributed by atoms with Crippen molar-refractivity contribution in [3.05, 3.63) is 154 Å². The van der Waals surface area contributed by atoms with Gasteiger partial charge in [-0.1, -0.05) is 103 Å². The van der Waals surface area contributed by atoms with E-state index in [-0.39, 0.29) is 6.61 Å². The van der Waals surface area contributed by atoms with E-state index in [0.29, 0.717) is 27.9 Å². The number of para-hydroxylation sites is 1. The first-order chi connectivity index (χ1) is 21.6. The summed E-state index contributed by atoms with van der Waals surface area (Å²) < 4.78 is 37.7. The number of fused-ring (bicyclic) bond motifs is 4. The van der Waals surface area contributed by atoms with Crippen LogP contribution in [0.1, 0.15) is 22.3 Å². The molecule has 0 amide bonds. The number of hydrogen-bond donors (Lipinski definition) is 0. The van der Waals surface area contributed by atoms with E-state index in [1.165, 1.54) is 0 Å². The second kappa shape index (κ2) is 11.9. The third-order valence-corrected chi connectivity index (χ3v) is 8.43. The molecule has 3 heterocycles. The van der Waals surface area contributed by atoms with Crippen LogP contribution < -0.4 is 10.4 Å². The highest BCUT2D eigenvalue weighted by Gasteiger charge is 2.48. The van der Waals surface area contributed by atoms with Crippen LogP contribution in [0.2, 0.25) is 0 Å². The summed E-state index contributed by atoms with van der Waals surface area (Å²) in [5.41, 5.74) is 2.91. The Bertz CT molecular complexity index is 1740. The molecule has 44 heavy (non-hydrogen) atoms. The predicted molar refractivity (Wildman–Crippen MR) is 167 cm³/mol. The maximum absolute atomic E-state index is 13.0. The number of benzene rings is 4. The van der Waals surface area contributed by atoms with Crippen LogP contribution >= 0.6 is 0 Å². The minimum absolute atomic E-state index is 0.148. The summed E-state index contributed by atoms with van der Waals surface area (Å²) in [5.74, 6) is 0.420. The molecule has 5 aromatic rings. The minimum Gasteiger partial charge on any atom is -0.459 e. The monoisotopic (exact) mass is 588 g/mol. The molecule has 1 fully saturated rings. The molecule has 0 unspecified atom stereocenters. The summed E-state index contributed by atoms with van der Waals surface area (Å²) in [7, 11) is 3.23. The van der Waals surface area contributed by atoms with Crippen LogP contribution in [0.4, 0.5) is 0 Å². The Balaban J connectivity index is 1.29. The average Bonchev–Trinajstić information content (AvgIpc) is 3.09. The molecule has 0 N–H and O–H groups in total. The Morgan fingerprint density at radius 2 is 1.30 bits per heavy atom.